The normalized spacial score (nSPS) is 20.2. The molecule has 1 aliphatic rings. The number of piperidine rings is 1. The molecule has 1 unspecified atom stereocenters. The molecule has 1 heterocycles. The van der Waals surface area contributed by atoms with Gasteiger partial charge >= 0.3 is 0 Å². The van der Waals surface area contributed by atoms with E-state index in [0.717, 1.165) is 19.1 Å². The monoisotopic (exact) mass is 378 g/mol. The van der Waals surface area contributed by atoms with Gasteiger partial charge in [-0.2, -0.15) is 4.31 Å². The maximum Gasteiger partial charge on any atom is 0.242 e. The smallest absolute Gasteiger partial charge is 0.242 e. The summed E-state index contributed by atoms with van der Waals surface area (Å²) in [7, 11) is -3.46. The van der Waals surface area contributed by atoms with Crippen LogP contribution in [0.5, 0.6) is 0 Å². The van der Waals surface area contributed by atoms with E-state index in [1.54, 1.807) is 6.07 Å². The molecule has 8 heteroatoms. The number of carbonyl (C=O) groups is 1. The third-order valence-corrected chi connectivity index (χ3v) is 5.15. The van der Waals surface area contributed by atoms with Gasteiger partial charge in [0, 0.05) is 11.0 Å². The molecular weight excluding hydrogens is 363 g/mol. The van der Waals surface area contributed by atoms with Gasteiger partial charge in [0.05, 0.1) is 11.9 Å². The standard InChI is InChI=1S/C13H16BrFN2O3S/c1-21(19,20)17-7-3-2-4-12(17)13(18)16-11-6-5-9(14)8-10(11)15/h5-6,8,12H,2-4,7H2,1H3,(H,16,18). The molecule has 21 heavy (non-hydrogen) atoms. The van der Waals surface area contributed by atoms with Gasteiger partial charge in [-0.1, -0.05) is 22.4 Å². The molecule has 5 nitrogen and oxygen atoms in total. The minimum atomic E-state index is -3.46. The Hall–Kier alpha value is -0.990. The lowest BCUT2D eigenvalue weighted by Gasteiger charge is -2.32. The Morgan fingerprint density at radius 2 is 2.14 bits per heavy atom. The maximum absolute atomic E-state index is 13.7. The van der Waals surface area contributed by atoms with Gasteiger partial charge in [0.2, 0.25) is 15.9 Å². The molecule has 116 valence electrons. The summed E-state index contributed by atoms with van der Waals surface area (Å²) in [6.07, 6.45) is 3.02. The van der Waals surface area contributed by atoms with Crippen molar-refractivity contribution in [2.24, 2.45) is 0 Å². The summed E-state index contributed by atoms with van der Waals surface area (Å²) in [5.41, 5.74) is 0.0437. The number of nitrogens with one attached hydrogen (secondary N) is 1. The van der Waals surface area contributed by atoms with E-state index in [2.05, 4.69) is 21.2 Å². The number of anilines is 1. The lowest BCUT2D eigenvalue weighted by molar-refractivity contribution is -0.120. The average Bonchev–Trinajstić information content (AvgIpc) is 2.41. The van der Waals surface area contributed by atoms with Gasteiger partial charge in [0.1, 0.15) is 11.9 Å². The first-order chi connectivity index (χ1) is 9.79. The van der Waals surface area contributed by atoms with Crippen LogP contribution in [0.25, 0.3) is 0 Å². The molecule has 0 aliphatic carbocycles. The van der Waals surface area contributed by atoms with Crippen LogP contribution in [0.3, 0.4) is 0 Å². The van der Waals surface area contributed by atoms with Crippen molar-refractivity contribution in [2.45, 2.75) is 25.3 Å². The topological polar surface area (TPSA) is 66.5 Å². The SMILES string of the molecule is CS(=O)(=O)N1CCCCC1C(=O)Nc1ccc(Br)cc1F. The minimum absolute atomic E-state index is 0.0437. The van der Waals surface area contributed by atoms with E-state index in [1.807, 2.05) is 0 Å². The molecule has 0 bridgehead atoms. The highest BCUT2D eigenvalue weighted by Crippen LogP contribution is 2.23. The van der Waals surface area contributed by atoms with Crippen molar-refractivity contribution in [3.63, 3.8) is 0 Å². The van der Waals surface area contributed by atoms with Crippen LogP contribution in [0.1, 0.15) is 19.3 Å². The van der Waals surface area contributed by atoms with Crippen molar-refractivity contribution >= 4 is 37.5 Å². The van der Waals surface area contributed by atoms with Crippen molar-refractivity contribution in [1.29, 1.82) is 0 Å². The Morgan fingerprint density at radius 3 is 2.76 bits per heavy atom. The van der Waals surface area contributed by atoms with Gasteiger partial charge in [-0.05, 0) is 31.0 Å². The fraction of sp³-hybridized carbons (Fsp3) is 0.462. The summed E-state index contributed by atoms with van der Waals surface area (Å²) in [5, 5.41) is 2.47. The fourth-order valence-corrected chi connectivity index (χ4v) is 3.83. The Kier molecular flexibility index (Phi) is 5.00. The molecule has 0 saturated carbocycles. The maximum atomic E-state index is 13.7. The number of rotatable bonds is 3. The van der Waals surface area contributed by atoms with E-state index in [-0.39, 0.29) is 5.69 Å². The largest absolute Gasteiger partial charge is 0.322 e. The van der Waals surface area contributed by atoms with Crippen LogP contribution in [-0.2, 0) is 14.8 Å². The summed E-state index contributed by atoms with van der Waals surface area (Å²) in [6, 6.07) is 3.50. The molecule has 1 aromatic rings. The third-order valence-electron chi connectivity index (χ3n) is 3.37. The number of hydrogen-bond acceptors (Lipinski definition) is 3. The highest BCUT2D eigenvalue weighted by atomic mass is 79.9. The third kappa shape index (κ3) is 4.02. The lowest BCUT2D eigenvalue weighted by atomic mass is 10.0. The number of halogens is 2. The molecule has 0 radical (unpaired) electrons. The predicted octanol–water partition coefficient (Wildman–Crippen LogP) is 2.34. The Bertz CT molecular complexity index is 651. The van der Waals surface area contributed by atoms with Gasteiger partial charge in [-0.25, -0.2) is 12.8 Å². The van der Waals surface area contributed by atoms with Gasteiger partial charge in [0.25, 0.3) is 0 Å². The first-order valence-electron chi connectivity index (χ1n) is 6.52. The molecule has 1 amide bonds. The second kappa shape index (κ2) is 6.41. The lowest BCUT2D eigenvalue weighted by Crippen LogP contribution is -2.49. The quantitative estimate of drug-likeness (QED) is 0.877. The molecule has 1 atom stereocenters. The molecule has 1 fully saturated rings. The Labute approximate surface area is 131 Å². The van der Waals surface area contributed by atoms with E-state index < -0.39 is 27.8 Å². The number of sulfonamides is 1. The van der Waals surface area contributed by atoms with Crippen molar-refractivity contribution < 1.29 is 17.6 Å². The van der Waals surface area contributed by atoms with Crippen LogP contribution >= 0.6 is 15.9 Å². The van der Waals surface area contributed by atoms with Gasteiger partial charge in [-0.15, -0.1) is 0 Å². The minimum Gasteiger partial charge on any atom is -0.322 e. The molecule has 1 saturated heterocycles. The Balaban J connectivity index is 2.18. The van der Waals surface area contributed by atoms with Crippen molar-refractivity contribution in [2.75, 3.05) is 18.1 Å². The first-order valence-corrected chi connectivity index (χ1v) is 9.16. The average molecular weight is 379 g/mol. The first kappa shape index (κ1) is 16.4. The molecular formula is C13H16BrFN2O3S. The van der Waals surface area contributed by atoms with E-state index in [4.69, 9.17) is 0 Å². The summed E-state index contributed by atoms with van der Waals surface area (Å²) < 4.78 is 38.9. The number of nitrogens with zero attached hydrogens (tertiary/aromatic N) is 1. The number of benzene rings is 1. The predicted molar refractivity (Wildman–Crippen MR) is 81.9 cm³/mol. The van der Waals surface area contributed by atoms with E-state index >= 15 is 0 Å². The summed E-state index contributed by atoms with van der Waals surface area (Å²) in [5.74, 6) is -1.07. The molecule has 0 aromatic heterocycles. The number of amides is 1. The molecule has 1 aromatic carbocycles. The van der Waals surface area contributed by atoms with Crippen LogP contribution in [0.4, 0.5) is 10.1 Å². The second-order valence-corrected chi connectivity index (χ2v) is 7.85. The summed E-state index contributed by atoms with van der Waals surface area (Å²) in [6.45, 7) is 0.319. The highest BCUT2D eigenvalue weighted by Gasteiger charge is 2.34. The van der Waals surface area contributed by atoms with Gasteiger partial charge in [0.15, 0.2) is 0 Å². The Morgan fingerprint density at radius 1 is 1.43 bits per heavy atom. The van der Waals surface area contributed by atoms with E-state index in [9.17, 15) is 17.6 Å². The molecule has 0 spiro atoms. The molecule has 2 rings (SSSR count). The number of hydrogen-bond donors (Lipinski definition) is 1. The fourth-order valence-electron chi connectivity index (χ4n) is 2.37. The van der Waals surface area contributed by atoms with Crippen LogP contribution in [0, 0.1) is 5.82 Å². The van der Waals surface area contributed by atoms with Crippen molar-refractivity contribution in [3.05, 3.63) is 28.5 Å². The van der Waals surface area contributed by atoms with E-state index in [1.165, 1.54) is 16.4 Å². The molecule has 1 aliphatic heterocycles. The van der Waals surface area contributed by atoms with Gasteiger partial charge in [-0.3, -0.25) is 4.79 Å². The van der Waals surface area contributed by atoms with Crippen LogP contribution < -0.4 is 5.32 Å². The summed E-state index contributed by atoms with van der Waals surface area (Å²) in [4.78, 5) is 12.3. The van der Waals surface area contributed by atoms with Crippen LogP contribution in [0.2, 0.25) is 0 Å². The summed E-state index contributed by atoms with van der Waals surface area (Å²) >= 11 is 3.13. The van der Waals surface area contributed by atoms with Crippen molar-refractivity contribution in [1.82, 2.24) is 4.31 Å². The van der Waals surface area contributed by atoms with Crippen LogP contribution in [0.15, 0.2) is 22.7 Å². The van der Waals surface area contributed by atoms with Crippen LogP contribution in [-0.4, -0.2) is 37.5 Å². The van der Waals surface area contributed by atoms with Crippen molar-refractivity contribution in [3.8, 4) is 0 Å². The van der Waals surface area contributed by atoms with E-state index in [0.29, 0.717) is 17.4 Å². The zero-order chi connectivity index (χ0) is 15.6. The zero-order valence-electron chi connectivity index (χ0n) is 11.5. The zero-order valence-corrected chi connectivity index (χ0v) is 13.9. The van der Waals surface area contributed by atoms with Gasteiger partial charge < -0.3 is 5.32 Å². The highest BCUT2D eigenvalue weighted by molar-refractivity contribution is 9.10. The second-order valence-electron chi connectivity index (χ2n) is 5.00. The molecule has 1 N–H and O–H groups in total. The number of carbonyl (C=O) groups excluding carboxylic acids is 1.